The summed E-state index contributed by atoms with van der Waals surface area (Å²) >= 11 is 6.49. The minimum atomic E-state index is -1.13. The van der Waals surface area contributed by atoms with Crippen LogP contribution in [-0.4, -0.2) is 56.8 Å². The van der Waals surface area contributed by atoms with Gasteiger partial charge >= 0.3 is 6.09 Å². The number of aliphatic hydroxyl groups is 1. The molecule has 0 saturated carbocycles. The summed E-state index contributed by atoms with van der Waals surface area (Å²) in [6.07, 6.45) is -1.44. The first kappa shape index (κ1) is 38.6. The minimum Gasteiger partial charge on any atom is -0.506 e. The van der Waals surface area contributed by atoms with E-state index in [1.807, 2.05) is 84.9 Å². The number of pyridine rings is 1. The summed E-state index contributed by atoms with van der Waals surface area (Å²) in [6, 6.07) is 36.7. The average Bonchev–Trinajstić information content (AvgIpc) is 3.20. The second-order valence-corrected chi connectivity index (χ2v) is 13.4. The molecule has 55 heavy (non-hydrogen) atoms. The smallest absolute Gasteiger partial charge is 0.405 e. The summed E-state index contributed by atoms with van der Waals surface area (Å²) in [4.78, 5) is 41.6. The molecule has 0 aliphatic rings. The van der Waals surface area contributed by atoms with Crippen LogP contribution in [0.5, 0.6) is 11.5 Å². The summed E-state index contributed by atoms with van der Waals surface area (Å²) in [7, 11) is 0. The lowest BCUT2D eigenvalue weighted by Crippen LogP contribution is -2.33. The number of aliphatic hydroxyl groups excluding tert-OH is 1. The number of aromatic hydroxyl groups is 1. The summed E-state index contributed by atoms with van der Waals surface area (Å²) in [5, 5.41) is 37.5. The molecule has 12 heteroatoms. The maximum atomic E-state index is 13.9. The zero-order valence-electron chi connectivity index (χ0n) is 29.8. The van der Waals surface area contributed by atoms with E-state index < -0.39 is 18.2 Å². The van der Waals surface area contributed by atoms with E-state index in [4.69, 9.17) is 16.3 Å². The minimum absolute atomic E-state index is 0.0738. The van der Waals surface area contributed by atoms with Gasteiger partial charge in [0.2, 0.25) is 5.56 Å². The molecular formula is C43H41ClN4O7. The number of phenolic OH excluding ortho intramolecular Hbond substituents is 1. The summed E-state index contributed by atoms with van der Waals surface area (Å²) in [6.45, 7) is 1.68. The number of hydrogen-bond acceptors (Lipinski definition) is 7. The number of nitrogens with zero attached hydrogens (tertiary/aromatic N) is 1. The number of amides is 2. The quantitative estimate of drug-likeness (QED) is 0.0565. The van der Waals surface area contributed by atoms with Crippen molar-refractivity contribution in [2.75, 3.05) is 19.6 Å². The molecule has 0 radical (unpaired) electrons. The van der Waals surface area contributed by atoms with Crippen molar-refractivity contribution in [2.24, 2.45) is 0 Å². The first-order valence-corrected chi connectivity index (χ1v) is 18.2. The fraction of sp³-hybridized carbons (Fsp3) is 0.186. The molecule has 1 unspecified atom stereocenters. The van der Waals surface area contributed by atoms with Crippen LogP contribution >= 0.6 is 11.6 Å². The molecule has 1 heterocycles. The van der Waals surface area contributed by atoms with Crippen LogP contribution in [0.4, 0.5) is 4.79 Å². The van der Waals surface area contributed by atoms with Gasteiger partial charge in [-0.1, -0.05) is 90.5 Å². The third-order valence-electron chi connectivity index (χ3n) is 9.19. The van der Waals surface area contributed by atoms with Crippen LogP contribution in [0.25, 0.3) is 10.9 Å². The Kier molecular flexibility index (Phi) is 12.8. The Bertz CT molecular complexity index is 2300. The maximum absolute atomic E-state index is 13.9. The van der Waals surface area contributed by atoms with E-state index in [0.29, 0.717) is 53.3 Å². The van der Waals surface area contributed by atoms with Gasteiger partial charge in [-0.2, -0.15) is 0 Å². The van der Waals surface area contributed by atoms with Crippen molar-refractivity contribution in [3.63, 3.8) is 0 Å². The predicted molar refractivity (Wildman–Crippen MR) is 212 cm³/mol. The van der Waals surface area contributed by atoms with Gasteiger partial charge < -0.3 is 40.6 Å². The fourth-order valence-electron chi connectivity index (χ4n) is 6.38. The van der Waals surface area contributed by atoms with E-state index in [9.17, 15) is 29.7 Å². The molecular weight excluding hydrogens is 720 g/mol. The van der Waals surface area contributed by atoms with Crippen LogP contribution in [0.1, 0.15) is 56.7 Å². The summed E-state index contributed by atoms with van der Waals surface area (Å²) < 4.78 is 6.08. The topological polar surface area (TPSA) is 164 Å². The molecule has 2 atom stereocenters. The second kappa shape index (κ2) is 18.3. The average molecular weight is 761 g/mol. The van der Waals surface area contributed by atoms with Gasteiger partial charge in [0.15, 0.2) is 0 Å². The monoisotopic (exact) mass is 760 g/mol. The van der Waals surface area contributed by atoms with Crippen molar-refractivity contribution >= 4 is 34.5 Å². The van der Waals surface area contributed by atoms with Crippen LogP contribution in [-0.2, 0) is 13.2 Å². The van der Waals surface area contributed by atoms with Crippen LogP contribution in [0.15, 0.2) is 132 Å². The van der Waals surface area contributed by atoms with Gasteiger partial charge in [0, 0.05) is 41.7 Å². The molecule has 2 amide bonds. The number of nitrogens with one attached hydrogen (secondary N) is 3. The van der Waals surface area contributed by atoms with Gasteiger partial charge in [-0.05, 0) is 83.2 Å². The van der Waals surface area contributed by atoms with Crippen molar-refractivity contribution in [2.45, 2.75) is 31.7 Å². The Morgan fingerprint density at radius 3 is 2.36 bits per heavy atom. The number of H-pyrrole nitrogens is 1. The van der Waals surface area contributed by atoms with Crippen LogP contribution in [0.2, 0.25) is 5.02 Å². The molecule has 6 rings (SSSR count). The zero-order valence-corrected chi connectivity index (χ0v) is 30.6. The highest BCUT2D eigenvalue weighted by molar-refractivity contribution is 6.31. The third kappa shape index (κ3) is 10.1. The number of fused-ring (bicyclic) bond motifs is 1. The number of phenols is 1. The number of ether oxygens (including phenoxy) is 1. The molecule has 0 spiro atoms. The van der Waals surface area contributed by atoms with E-state index in [-0.39, 0.29) is 35.9 Å². The lowest BCUT2D eigenvalue weighted by Gasteiger charge is -2.24. The number of aromatic nitrogens is 1. The number of rotatable bonds is 16. The molecule has 0 aliphatic heterocycles. The van der Waals surface area contributed by atoms with Crippen molar-refractivity contribution in [1.82, 2.24) is 20.5 Å². The highest BCUT2D eigenvalue weighted by Crippen LogP contribution is 2.29. The fourth-order valence-corrected chi connectivity index (χ4v) is 6.58. The Morgan fingerprint density at radius 2 is 1.60 bits per heavy atom. The van der Waals surface area contributed by atoms with Gasteiger partial charge in [-0.3, -0.25) is 9.59 Å². The Labute approximate surface area is 322 Å². The highest BCUT2D eigenvalue weighted by Gasteiger charge is 2.19. The first-order valence-electron chi connectivity index (χ1n) is 17.8. The van der Waals surface area contributed by atoms with Crippen molar-refractivity contribution in [3.05, 3.63) is 176 Å². The van der Waals surface area contributed by atoms with Gasteiger partial charge in [-0.25, -0.2) is 4.79 Å². The Balaban J connectivity index is 1.07. The molecule has 1 aromatic heterocycles. The van der Waals surface area contributed by atoms with Gasteiger partial charge in [0.25, 0.3) is 5.91 Å². The predicted octanol–water partition coefficient (Wildman–Crippen LogP) is 7.18. The van der Waals surface area contributed by atoms with Crippen LogP contribution in [0.3, 0.4) is 0 Å². The summed E-state index contributed by atoms with van der Waals surface area (Å²) in [5.74, 6) is 0.336. The van der Waals surface area contributed by atoms with E-state index in [1.165, 1.54) is 12.1 Å². The molecule has 6 aromatic rings. The maximum Gasteiger partial charge on any atom is 0.405 e. The molecule has 0 saturated heterocycles. The highest BCUT2D eigenvalue weighted by atomic mass is 35.5. The zero-order chi connectivity index (χ0) is 38.7. The molecule has 0 fully saturated rings. The van der Waals surface area contributed by atoms with Gasteiger partial charge in [-0.15, -0.1) is 0 Å². The van der Waals surface area contributed by atoms with Crippen LogP contribution in [0, 0.1) is 0 Å². The molecule has 6 N–H and O–H groups in total. The molecule has 0 aliphatic carbocycles. The van der Waals surface area contributed by atoms with Crippen molar-refractivity contribution in [1.29, 1.82) is 0 Å². The van der Waals surface area contributed by atoms with E-state index in [1.54, 1.807) is 35.2 Å². The summed E-state index contributed by atoms with van der Waals surface area (Å²) in [5.41, 5.74) is 4.20. The number of carboxylic acid groups (broad SMARTS) is 1. The van der Waals surface area contributed by atoms with E-state index in [2.05, 4.69) is 15.6 Å². The van der Waals surface area contributed by atoms with E-state index >= 15 is 0 Å². The number of benzene rings is 5. The van der Waals surface area contributed by atoms with Crippen molar-refractivity contribution < 1.29 is 29.6 Å². The molecule has 282 valence electrons. The Hall–Kier alpha value is -6.14. The Morgan fingerprint density at radius 1 is 0.855 bits per heavy atom. The van der Waals surface area contributed by atoms with Gasteiger partial charge in [0.1, 0.15) is 18.1 Å². The SMILES string of the molecule is O=C(O)N[C@@H](c1ccccc1)c1cccc(OCc2ccc(C(=O)N(CCCNCC(O)c3ccc(O)c4[nH]c(=O)ccc34)Cc3ccccc3Cl)cc2)c1. The second-order valence-electron chi connectivity index (χ2n) is 13.0. The largest absolute Gasteiger partial charge is 0.506 e. The standard InChI is InChI=1S/C43H41ClN4O7/c44-36-13-5-4-10-32(36)26-48(23-7-22-45-25-38(50)34-18-20-37(49)41-35(34)19-21-39(51)46-41)42(52)30-16-14-28(15-17-30)27-55-33-12-6-11-31(24-33)40(47-43(53)54)29-8-2-1-3-9-29/h1-6,8-21,24,38,40,45,47,49-50H,7,22-23,25-27H2,(H,46,51)(H,53,54)/t38?,40-/m0/s1. The molecule has 11 nitrogen and oxygen atoms in total. The number of hydrogen-bond donors (Lipinski definition) is 6. The first-order chi connectivity index (χ1) is 26.7. The number of halogens is 1. The normalized spacial score (nSPS) is 12.2. The molecule has 0 bridgehead atoms. The number of carbonyl (C=O) groups excluding carboxylic acids is 1. The number of carbonyl (C=O) groups is 2. The van der Waals surface area contributed by atoms with Gasteiger partial charge in [0.05, 0.1) is 17.7 Å². The number of aromatic amines is 1. The lowest BCUT2D eigenvalue weighted by molar-refractivity contribution is 0.0740. The third-order valence-corrected chi connectivity index (χ3v) is 9.56. The van der Waals surface area contributed by atoms with Crippen LogP contribution < -0.4 is 20.9 Å². The van der Waals surface area contributed by atoms with E-state index in [0.717, 1.165) is 22.3 Å². The van der Waals surface area contributed by atoms with Crippen molar-refractivity contribution in [3.8, 4) is 11.5 Å². The lowest BCUT2D eigenvalue weighted by atomic mass is 9.98. The molecule has 5 aromatic carbocycles.